The zero-order valence-corrected chi connectivity index (χ0v) is 10.6. The average Bonchev–Trinajstić information content (AvgIpc) is 2.82. The van der Waals surface area contributed by atoms with Gasteiger partial charge in [0.25, 0.3) is 0 Å². The maximum absolute atomic E-state index is 5.92. The summed E-state index contributed by atoms with van der Waals surface area (Å²) in [5, 5.41) is 0. The topological polar surface area (TPSA) is 61.3 Å². The van der Waals surface area contributed by atoms with Gasteiger partial charge in [-0.05, 0) is 37.8 Å². The van der Waals surface area contributed by atoms with Gasteiger partial charge in [-0.1, -0.05) is 0 Å². The Balaban J connectivity index is 1.88. The summed E-state index contributed by atoms with van der Waals surface area (Å²) in [6, 6.07) is 6.09. The lowest BCUT2D eigenvalue weighted by Crippen LogP contribution is -2.25. The van der Waals surface area contributed by atoms with E-state index in [-0.39, 0.29) is 0 Å². The van der Waals surface area contributed by atoms with Crippen molar-refractivity contribution < 1.29 is 9.15 Å². The largest absolute Gasteiger partial charge is 0.497 e. The van der Waals surface area contributed by atoms with Crippen LogP contribution >= 0.6 is 0 Å². The van der Waals surface area contributed by atoms with Gasteiger partial charge in [0.05, 0.1) is 7.11 Å². The SMILES string of the molecule is COc1ccc2nc(C3CCC(N)CC3)oc2c1. The van der Waals surface area contributed by atoms with Gasteiger partial charge in [0.2, 0.25) is 0 Å². The van der Waals surface area contributed by atoms with Gasteiger partial charge in [0.1, 0.15) is 11.3 Å². The summed E-state index contributed by atoms with van der Waals surface area (Å²) < 4.78 is 11.0. The molecule has 1 aliphatic carbocycles. The number of hydrogen-bond donors (Lipinski definition) is 1. The predicted molar refractivity (Wildman–Crippen MR) is 69.7 cm³/mol. The van der Waals surface area contributed by atoms with Crippen molar-refractivity contribution in [2.45, 2.75) is 37.6 Å². The van der Waals surface area contributed by atoms with Crippen molar-refractivity contribution in [1.82, 2.24) is 4.98 Å². The zero-order valence-electron chi connectivity index (χ0n) is 10.6. The zero-order chi connectivity index (χ0) is 12.5. The third kappa shape index (κ3) is 2.08. The van der Waals surface area contributed by atoms with E-state index >= 15 is 0 Å². The standard InChI is InChI=1S/C14H18N2O2/c1-17-11-6-7-12-13(8-11)18-14(16-12)9-2-4-10(15)5-3-9/h6-10H,2-5,15H2,1H3. The third-order valence-corrected chi connectivity index (χ3v) is 3.73. The highest BCUT2D eigenvalue weighted by Gasteiger charge is 2.24. The Labute approximate surface area is 106 Å². The Kier molecular flexibility index (Phi) is 2.96. The van der Waals surface area contributed by atoms with Crippen LogP contribution in [-0.2, 0) is 0 Å². The minimum atomic E-state index is 0.353. The van der Waals surface area contributed by atoms with Gasteiger partial charge in [0.15, 0.2) is 11.5 Å². The first-order valence-electron chi connectivity index (χ1n) is 6.46. The van der Waals surface area contributed by atoms with Crippen molar-refractivity contribution in [3.05, 3.63) is 24.1 Å². The Hall–Kier alpha value is -1.55. The number of fused-ring (bicyclic) bond motifs is 1. The maximum atomic E-state index is 5.92. The molecule has 1 saturated carbocycles. The minimum Gasteiger partial charge on any atom is -0.497 e. The predicted octanol–water partition coefficient (Wildman–Crippen LogP) is 2.82. The molecule has 0 bridgehead atoms. The van der Waals surface area contributed by atoms with Gasteiger partial charge >= 0.3 is 0 Å². The molecule has 1 fully saturated rings. The maximum Gasteiger partial charge on any atom is 0.198 e. The van der Waals surface area contributed by atoms with E-state index in [2.05, 4.69) is 4.98 Å². The van der Waals surface area contributed by atoms with Crippen molar-refractivity contribution in [3.8, 4) is 5.75 Å². The summed E-state index contributed by atoms with van der Waals surface area (Å²) in [4.78, 5) is 4.57. The summed E-state index contributed by atoms with van der Waals surface area (Å²) in [7, 11) is 1.65. The number of hydrogen-bond acceptors (Lipinski definition) is 4. The molecule has 1 aromatic carbocycles. The first kappa shape index (κ1) is 11.5. The molecule has 2 N–H and O–H groups in total. The van der Waals surface area contributed by atoms with Crippen LogP contribution in [0.4, 0.5) is 0 Å². The minimum absolute atomic E-state index is 0.353. The number of nitrogens with zero attached hydrogens (tertiary/aromatic N) is 1. The van der Waals surface area contributed by atoms with Crippen LogP contribution in [0.1, 0.15) is 37.5 Å². The molecule has 0 atom stereocenters. The van der Waals surface area contributed by atoms with Crippen molar-refractivity contribution in [2.24, 2.45) is 5.73 Å². The van der Waals surface area contributed by atoms with Crippen molar-refractivity contribution >= 4 is 11.1 Å². The molecule has 18 heavy (non-hydrogen) atoms. The fourth-order valence-corrected chi connectivity index (χ4v) is 2.59. The molecule has 0 unspecified atom stereocenters. The number of benzene rings is 1. The van der Waals surface area contributed by atoms with Crippen LogP contribution < -0.4 is 10.5 Å². The van der Waals surface area contributed by atoms with Gasteiger partial charge in [0, 0.05) is 18.0 Å². The van der Waals surface area contributed by atoms with E-state index in [0.29, 0.717) is 12.0 Å². The quantitative estimate of drug-likeness (QED) is 0.885. The Morgan fingerprint density at radius 1 is 1.28 bits per heavy atom. The van der Waals surface area contributed by atoms with Crippen LogP contribution in [-0.4, -0.2) is 18.1 Å². The molecule has 3 rings (SSSR count). The van der Waals surface area contributed by atoms with Gasteiger partial charge in [-0.25, -0.2) is 4.98 Å². The van der Waals surface area contributed by atoms with Crippen LogP contribution in [0.25, 0.3) is 11.1 Å². The van der Waals surface area contributed by atoms with E-state index in [4.69, 9.17) is 14.9 Å². The summed E-state index contributed by atoms with van der Waals surface area (Å²) in [6.07, 6.45) is 4.27. The smallest absolute Gasteiger partial charge is 0.198 e. The second-order valence-electron chi connectivity index (χ2n) is 5.00. The fraction of sp³-hybridized carbons (Fsp3) is 0.500. The molecule has 0 saturated heterocycles. The molecule has 4 heteroatoms. The molecular weight excluding hydrogens is 228 g/mol. The van der Waals surface area contributed by atoms with Crippen LogP contribution in [0.3, 0.4) is 0 Å². The number of aromatic nitrogens is 1. The molecule has 1 heterocycles. The molecule has 0 spiro atoms. The van der Waals surface area contributed by atoms with E-state index < -0.39 is 0 Å². The van der Waals surface area contributed by atoms with E-state index in [1.54, 1.807) is 7.11 Å². The summed E-state index contributed by atoms with van der Waals surface area (Å²) in [6.45, 7) is 0. The highest BCUT2D eigenvalue weighted by Crippen LogP contribution is 2.34. The van der Waals surface area contributed by atoms with Crippen LogP contribution in [0.2, 0.25) is 0 Å². The van der Waals surface area contributed by atoms with E-state index in [9.17, 15) is 0 Å². The Morgan fingerprint density at radius 2 is 2.06 bits per heavy atom. The molecule has 4 nitrogen and oxygen atoms in total. The number of rotatable bonds is 2. The third-order valence-electron chi connectivity index (χ3n) is 3.73. The Morgan fingerprint density at radius 3 is 2.78 bits per heavy atom. The van der Waals surface area contributed by atoms with Gasteiger partial charge in [-0.15, -0.1) is 0 Å². The first-order valence-corrected chi connectivity index (χ1v) is 6.46. The number of methoxy groups -OCH3 is 1. The lowest BCUT2D eigenvalue weighted by Gasteiger charge is -2.23. The normalized spacial score (nSPS) is 24.3. The van der Waals surface area contributed by atoms with Crippen LogP contribution in [0, 0.1) is 0 Å². The van der Waals surface area contributed by atoms with Crippen LogP contribution in [0.15, 0.2) is 22.6 Å². The van der Waals surface area contributed by atoms with Gasteiger partial charge in [-0.3, -0.25) is 0 Å². The van der Waals surface area contributed by atoms with E-state index in [0.717, 1.165) is 48.4 Å². The molecule has 0 amide bonds. The highest BCUT2D eigenvalue weighted by atomic mass is 16.5. The van der Waals surface area contributed by atoms with Crippen molar-refractivity contribution in [2.75, 3.05) is 7.11 Å². The van der Waals surface area contributed by atoms with E-state index in [1.165, 1.54) is 0 Å². The molecular formula is C14H18N2O2. The first-order chi connectivity index (χ1) is 8.76. The number of ether oxygens (including phenoxy) is 1. The number of oxazole rings is 1. The molecule has 2 aromatic rings. The van der Waals surface area contributed by atoms with Crippen molar-refractivity contribution in [1.29, 1.82) is 0 Å². The lowest BCUT2D eigenvalue weighted by atomic mass is 9.86. The molecule has 1 aromatic heterocycles. The van der Waals surface area contributed by atoms with Crippen molar-refractivity contribution in [3.63, 3.8) is 0 Å². The number of nitrogens with two attached hydrogens (primary N) is 1. The monoisotopic (exact) mass is 246 g/mol. The average molecular weight is 246 g/mol. The molecule has 0 aliphatic heterocycles. The summed E-state index contributed by atoms with van der Waals surface area (Å²) >= 11 is 0. The Bertz CT molecular complexity index is 542. The van der Waals surface area contributed by atoms with Gasteiger partial charge in [-0.2, -0.15) is 0 Å². The van der Waals surface area contributed by atoms with Gasteiger partial charge < -0.3 is 14.9 Å². The second kappa shape index (κ2) is 4.61. The summed E-state index contributed by atoms with van der Waals surface area (Å²) in [5.74, 6) is 2.07. The lowest BCUT2D eigenvalue weighted by molar-refractivity contribution is 0.345. The highest BCUT2D eigenvalue weighted by molar-refractivity contribution is 5.74. The molecule has 96 valence electrons. The van der Waals surface area contributed by atoms with E-state index in [1.807, 2.05) is 18.2 Å². The summed E-state index contributed by atoms with van der Waals surface area (Å²) in [5.41, 5.74) is 7.63. The van der Waals surface area contributed by atoms with Crippen LogP contribution in [0.5, 0.6) is 5.75 Å². The fourth-order valence-electron chi connectivity index (χ4n) is 2.59. The molecule has 0 radical (unpaired) electrons. The second-order valence-corrected chi connectivity index (χ2v) is 5.00. The molecule has 1 aliphatic rings.